The zero-order chi connectivity index (χ0) is 15.1. The Morgan fingerprint density at radius 3 is 2.95 bits per heavy atom. The second kappa shape index (κ2) is 7.37. The highest BCUT2D eigenvalue weighted by Gasteiger charge is 2.15. The van der Waals surface area contributed by atoms with Crippen LogP contribution in [0.3, 0.4) is 0 Å². The fourth-order valence-corrected chi connectivity index (χ4v) is 1.80. The van der Waals surface area contributed by atoms with E-state index >= 15 is 0 Å². The van der Waals surface area contributed by atoms with Gasteiger partial charge < -0.3 is 15.2 Å². The molecule has 0 aliphatic rings. The Balaban J connectivity index is 1.95. The summed E-state index contributed by atoms with van der Waals surface area (Å²) in [6, 6.07) is 1.37. The normalized spacial score (nSPS) is 10.4. The average Bonchev–Trinajstić information content (AvgIpc) is 2.99. The first kappa shape index (κ1) is 15.0. The van der Waals surface area contributed by atoms with Gasteiger partial charge in [-0.3, -0.25) is 4.79 Å². The molecular weight excluding hydrogens is 273 g/mol. The monoisotopic (exact) mass is 291 g/mol. The Morgan fingerprint density at radius 2 is 2.24 bits per heavy atom. The highest BCUT2D eigenvalue weighted by molar-refractivity contribution is 5.95. The number of carbonyl (C=O) groups excluding carboxylic acids is 1. The van der Waals surface area contributed by atoms with Gasteiger partial charge in [0.2, 0.25) is 0 Å². The molecule has 2 heterocycles. The predicted molar refractivity (Wildman–Crippen MR) is 77.5 cm³/mol. The quantitative estimate of drug-likeness (QED) is 0.814. The smallest absolute Gasteiger partial charge is 0.254 e. The number of anilines is 1. The first-order chi connectivity index (χ1) is 10.2. The van der Waals surface area contributed by atoms with Crippen LogP contribution in [0.2, 0.25) is 0 Å². The molecule has 0 fully saturated rings. The molecule has 0 saturated heterocycles. The highest BCUT2D eigenvalue weighted by Crippen LogP contribution is 2.14. The molecule has 0 aliphatic heterocycles. The summed E-state index contributed by atoms with van der Waals surface area (Å²) < 4.78 is 16.0. The van der Waals surface area contributed by atoms with Gasteiger partial charge >= 0.3 is 0 Å². The molecule has 2 aromatic rings. The number of aromatic nitrogens is 3. The minimum Gasteiger partial charge on any atom is -0.368 e. The Morgan fingerprint density at radius 1 is 1.38 bits per heavy atom. The van der Waals surface area contributed by atoms with E-state index in [0.29, 0.717) is 19.6 Å². The topological polar surface area (TPSA) is 71.8 Å². The molecule has 112 valence electrons. The number of imidazole rings is 1. The summed E-state index contributed by atoms with van der Waals surface area (Å²) in [4.78, 5) is 19.8. The van der Waals surface area contributed by atoms with Crippen LogP contribution in [0, 0.1) is 5.82 Å². The molecule has 7 heteroatoms. The summed E-state index contributed by atoms with van der Waals surface area (Å²) in [5.41, 5.74) is -0.00534. The first-order valence-electron chi connectivity index (χ1n) is 6.84. The molecule has 0 aliphatic carbocycles. The molecule has 0 atom stereocenters. The standard InChI is InChI=1S/C14H18FN5O/c1-2-4-17-13-12(15)11(3-5-18-13)14(21)19-7-9-20-8-6-16-10-20/h3,5-6,8,10H,2,4,7,9H2,1H3,(H,17,18)(H,19,21). The van der Waals surface area contributed by atoms with Crippen molar-refractivity contribution < 1.29 is 9.18 Å². The molecule has 21 heavy (non-hydrogen) atoms. The third-order valence-corrected chi connectivity index (χ3v) is 2.89. The minimum atomic E-state index is -0.619. The number of halogens is 1. The molecular formula is C14H18FN5O. The van der Waals surface area contributed by atoms with E-state index in [2.05, 4.69) is 20.6 Å². The summed E-state index contributed by atoms with van der Waals surface area (Å²) in [5, 5.41) is 5.54. The third-order valence-electron chi connectivity index (χ3n) is 2.89. The van der Waals surface area contributed by atoms with E-state index in [-0.39, 0.29) is 11.4 Å². The van der Waals surface area contributed by atoms with Gasteiger partial charge in [0.1, 0.15) is 0 Å². The van der Waals surface area contributed by atoms with E-state index in [4.69, 9.17) is 0 Å². The van der Waals surface area contributed by atoms with Crippen LogP contribution in [0.5, 0.6) is 0 Å². The van der Waals surface area contributed by atoms with Crippen molar-refractivity contribution in [3.63, 3.8) is 0 Å². The lowest BCUT2D eigenvalue weighted by molar-refractivity contribution is 0.0948. The van der Waals surface area contributed by atoms with E-state index in [0.717, 1.165) is 6.42 Å². The van der Waals surface area contributed by atoms with Crippen LogP contribution >= 0.6 is 0 Å². The molecule has 0 saturated carbocycles. The Kier molecular flexibility index (Phi) is 5.25. The van der Waals surface area contributed by atoms with Gasteiger partial charge in [-0.25, -0.2) is 14.4 Å². The maximum Gasteiger partial charge on any atom is 0.254 e. The second-order valence-electron chi connectivity index (χ2n) is 4.50. The lowest BCUT2D eigenvalue weighted by Gasteiger charge is -2.09. The van der Waals surface area contributed by atoms with Crippen molar-refractivity contribution in [2.24, 2.45) is 0 Å². The van der Waals surface area contributed by atoms with Gasteiger partial charge in [0.25, 0.3) is 5.91 Å². The van der Waals surface area contributed by atoms with Crippen molar-refractivity contribution >= 4 is 11.7 Å². The molecule has 2 N–H and O–H groups in total. The van der Waals surface area contributed by atoms with Gasteiger partial charge in [0, 0.05) is 38.2 Å². The Bertz CT molecular complexity index is 585. The second-order valence-corrected chi connectivity index (χ2v) is 4.50. The number of amides is 1. The van der Waals surface area contributed by atoms with Gasteiger partial charge in [-0.1, -0.05) is 6.92 Å². The summed E-state index contributed by atoms with van der Waals surface area (Å²) in [6.07, 6.45) is 7.39. The number of pyridine rings is 1. The van der Waals surface area contributed by atoms with Crippen molar-refractivity contribution in [1.82, 2.24) is 19.9 Å². The van der Waals surface area contributed by atoms with Crippen LogP contribution in [0.1, 0.15) is 23.7 Å². The number of nitrogens with one attached hydrogen (secondary N) is 2. The zero-order valence-corrected chi connectivity index (χ0v) is 11.8. The third kappa shape index (κ3) is 4.01. The minimum absolute atomic E-state index is 0.00534. The lowest BCUT2D eigenvalue weighted by atomic mass is 10.2. The van der Waals surface area contributed by atoms with Gasteiger partial charge in [0.05, 0.1) is 11.9 Å². The largest absolute Gasteiger partial charge is 0.368 e. The fraction of sp³-hybridized carbons (Fsp3) is 0.357. The number of hydrogen-bond acceptors (Lipinski definition) is 4. The number of rotatable bonds is 7. The van der Waals surface area contributed by atoms with Crippen molar-refractivity contribution in [1.29, 1.82) is 0 Å². The van der Waals surface area contributed by atoms with Gasteiger partial charge in [-0.15, -0.1) is 0 Å². The molecule has 0 radical (unpaired) electrons. The maximum absolute atomic E-state index is 14.1. The van der Waals surface area contributed by atoms with Gasteiger partial charge in [-0.2, -0.15) is 0 Å². The molecule has 6 nitrogen and oxygen atoms in total. The fourth-order valence-electron chi connectivity index (χ4n) is 1.80. The van der Waals surface area contributed by atoms with Crippen LogP contribution in [0.4, 0.5) is 10.2 Å². The Hall–Kier alpha value is -2.44. The lowest BCUT2D eigenvalue weighted by Crippen LogP contribution is -2.28. The number of nitrogens with zero attached hydrogens (tertiary/aromatic N) is 3. The molecule has 1 amide bonds. The average molecular weight is 291 g/mol. The number of carbonyl (C=O) groups is 1. The molecule has 0 aromatic carbocycles. The van der Waals surface area contributed by atoms with Crippen LogP contribution in [0.25, 0.3) is 0 Å². The summed E-state index contributed by atoms with van der Waals surface area (Å²) in [5.74, 6) is -0.959. The molecule has 0 spiro atoms. The SMILES string of the molecule is CCCNc1nccc(C(=O)NCCn2ccnc2)c1F. The zero-order valence-electron chi connectivity index (χ0n) is 11.8. The van der Waals surface area contributed by atoms with Crippen LogP contribution in [0.15, 0.2) is 31.0 Å². The molecule has 2 aromatic heterocycles. The van der Waals surface area contributed by atoms with Crippen LogP contribution in [-0.4, -0.2) is 33.5 Å². The summed E-state index contributed by atoms with van der Waals surface area (Å²) >= 11 is 0. The van der Waals surface area contributed by atoms with Crippen molar-refractivity contribution in [3.8, 4) is 0 Å². The molecule has 2 rings (SSSR count). The summed E-state index contributed by atoms with van der Waals surface area (Å²) in [7, 11) is 0. The van der Waals surface area contributed by atoms with Crippen molar-refractivity contribution in [2.75, 3.05) is 18.4 Å². The van der Waals surface area contributed by atoms with E-state index in [1.165, 1.54) is 12.3 Å². The van der Waals surface area contributed by atoms with E-state index < -0.39 is 11.7 Å². The van der Waals surface area contributed by atoms with Crippen molar-refractivity contribution in [2.45, 2.75) is 19.9 Å². The highest BCUT2D eigenvalue weighted by atomic mass is 19.1. The van der Waals surface area contributed by atoms with E-state index in [9.17, 15) is 9.18 Å². The van der Waals surface area contributed by atoms with E-state index in [1.54, 1.807) is 18.7 Å². The van der Waals surface area contributed by atoms with Crippen LogP contribution in [-0.2, 0) is 6.54 Å². The molecule has 0 bridgehead atoms. The van der Waals surface area contributed by atoms with E-state index in [1.807, 2.05) is 11.5 Å². The molecule has 0 unspecified atom stereocenters. The Labute approximate surface area is 122 Å². The van der Waals surface area contributed by atoms with Gasteiger partial charge in [-0.05, 0) is 12.5 Å². The van der Waals surface area contributed by atoms with Crippen molar-refractivity contribution in [3.05, 3.63) is 42.4 Å². The van der Waals surface area contributed by atoms with Gasteiger partial charge in [0.15, 0.2) is 11.6 Å². The van der Waals surface area contributed by atoms with Crippen LogP contribution < -0.4 is 10.6 Å². The predicted octanol–water partition coefficient (Wildman–Crippen LogP) is 1.67. The summed E-state index contributed by atoms with van der Waals surface area (Å²) in [6.45, 7) is 3.56. The maximum atomic E-state index is 14.1. The first-order valence-corrected chi connectivity index (χ1v) is 6.84. The number of hydrogen-bond donors (Lipinski definition) is 2.